The average Bonchev–Trinajstić information content (AvgIpc) is 3.16. The minimum Gasteiger partial charge on any atom is -0.481 e. The molecule has 1 aliphatic heterocycles. The lowest BCUT2D eigenvalue weighted by Crippen LogP contribution is -2.10. The fourth-order valence-corrected chi connectivity index (χ4v) is 4.89. The maximum atomic E-state index is 11.5. The third-order valence-electron chi connectivity index (χ3n) is 4.82. The monoisotopic (exact) mass is 425 g/mol. The number of benzene rings is 1. The number of nitriles is 1. The first-order valence-electron chi connectivity index (χ1n) is 8.88. The van der Waals surface area contributed by atoms with E-state index in [1.165, 1.54) is 11.3 Å². The van der Waals surface area contributed by atoms with E-state index in [2.05, 4.69) is 16.3 Å². The van der Waals surface area contributed by atoms with Gasteiger partial charge in [0.25, 0.3) is 0 Å². The van der Waals surface area contributed by atoms with Crippen molar-refractivity contribution in [2.24, 2.45) is 4.99 Å². The second kappa shape index (κ2) is 7.43. The normalized spacial score (nSPS) is 15.1. The molecule has 2 aromatic heterocycles. The summed E-state index contributed by atoms with van der Waals surface area (Å²) in [5.41, 5.74) is 3.33. The van der Waals surface area contributed by atoms with Crippen LogP contribution in [0.4, 0.5) is 0 Å². The van der Waals surface area contributed by atoms with Gasteiger partial charge in [-0.25, -0.2) is 0 Å². The molecule has 1 atom stereocenters. The van der Waals surface area contributed by atoms with Crippen LogP contribution in [0.15, 0.2) is 29.3 Å². The molecule has 0 saturated carbocycles. The van der Waals surface area contributed by atoms with Crippen molar-refractivity contribution in [2.45, 2.75) is 32.7 Å². The minimum absolute atomic E-state index is 0.200. The maximum absolute atomic E-state index is 11.5. The van der Waals surface area contributed by atoms with Crippen LogP contribution in [0.2, 0.25) is 5.02 Å². The Bertz CT molecular complexity index is 1190. The predicted molar refractivity (Wildman–Crippen MR) is 110 cm³/mol. The zero-order valence-corrected chi connectivity index (χ0v) is 17.3. The molecule has 146 valence electrons. The van der Waals surface area contributed by atoms with Crippen LogP contribution in [0.3, 0.4) is 0 Å². The SMILES string of the molecule is Cc1c(CC#N)sc2c1C(c1ccc(Cl)cc1)=N[C@@H](CC(=O)O)c1nnc(C)n1-2. The zero-order chi connectivity index (χ0) is 20.7. The van der Waals surface area contributed by atoms with Crippen LogP contribution >= 0.6 is 22.9 Å². The molecule has 7 nitrogen and oxygen atoms in total. The van der Waals surface area contributed by atoms with Crippen molar-refractivity contribution >= 4 is 34.6 Å². The molecule has 4 rings (SSSR count). The lowest BCUT2D eigenvalue weighted by Gasteiger charge is -2.11. The van der Waals surface area contributed by atoms with Crippen molar-refractivity contribution in [3.8, 4) is 11.1 Å². The van der Waals surface area contributed by atoms with Crippen LogP contribution in [0.1, 0.15) is 45.7 Å². The van der Waals surface area contributed by atoms with Crippen molar-refractivity contribution in [3.63, 3.8) is 0 Å². The van der Waals surface area contributed by atoms with Gasteiger partial charge in [-0.3, -0.25) is 14.4 Å². The summed E-state index contributed by atoms with van der Waals surface area (Å²) >= 11 is 7.55. The first kappa shape index (κ1) is 19.3. The molecule has 1 aromatic carbocycles. The molecule has 0 radical (unpaired) electrons. The van der Waals surface area contributed by atoms with E-state index in [1.54, 1.807) is 12.1 Å². The molecule has 3 heterocycles. The van der Waals surface area contributed by atoms with Gasteiger partial charge in [0.1, 0.15) is 16.9 Å². The average molecular weight is 426 g/mol. The van der Waals surface area contributed by atoms with Crippen LogP contribution in [0.25, 0.3) is 5.00 Å². The van der Waals surface area contributed by atoms with Crippen molar-refractivity contribution in [3.05, 3.63) is 62.5 Å². The number of hydrogen-bond donors (Lipinski definition) is 1. The number of carbonyl (C=O) groups is 1. The van der Waals surface area contributed by atoms with Gasteiger partial charge in [0, 0.05) is 21.0 Å². The number of nitrogens with zero attached hydrogens (tertiary/aromatic N) is 5. The molecule has 0 amide bonds. The molecule has 0 aliphatic carbocycles. The Labute approximate surface area is 175 Å². The van der Waals surface area contributed by atoms with E-state index in [-0.39, 0.29) is 12.8 Å². The fourth-order valence-electron chi connectivity index (χ4n) is 3.47. The molecule has 29 heavy (non-hydrogen) atoms. The number of carboxylic acid groups (broad SMARTS) is 1. The van der Waals surface area contributed by atoms with Gasteiger partial charge in [-0.05, 0) is 31.5 Å². The second-order valence-electron chi connectivity index (χ2n) is 6.70. The fraction of sp³-hybridized carbons (Fsp3) is 0.250. The van der Waals surface area contributed by atoms with E-state index < -0.39 is 12.0 Å². The van der Waals surface area contributed by atoms with Gasteiger partial charge >= 0.3 is 5.97 Å². The number of carboxylic acids is 1. The van der Waals surface area contributed by atoms with Crippen molar-refractivity contribution in [1.29, 1.82) is 5.26 Å². The Balaban J connectivity index is 2.04. The quantitative estimate of drug-likeness (QED) is 0.679. The van der Waals surface area contributed by atoms with Gasteiger partial charge in [-0.15, -0.1) is 21.5 Å². The highest BCUT2D eigenvalue weighted by molar-refractivity contribution is 7.15. The van der Waals surface area contributed by atoms with Gasteiger partial charge < -0.3 is 5.11 Å². The number of aromatic nitrogens is 3. The van der Waals surface area contributed by atoms with E-state index in [0.29, 0.717) is 22.4 Å². The van der Waals surface area contributed by atoms with E-state index in [1.807, 2.05) is 30.5 Å². The Morgan fingerprint density at radius 3 is 2.69 bits per heavy atom. The highest BCUT2D eigenvalue weighted by Crippen LogP contribution is 2.40. The molecule has 0 saturated heterocycles. The summed E-state index contributed by atoms with van der Waals surface area (Å²) in [4.78, 5) is 17.3. The van der Waals surface area contributed by atoms with Gasteiger partial charge in [0.05, 0.1) is 24.6 Å². The molecule has 3 aromatic rings. The summed E-state index contributed by atoms with van der Waals surface area (Å²) in [5.74, 6) is 0.169. The molecular formula is C20H16ClN5O2S. The number of rotatable bonds is 4. The Hall–Kier alpha value is -3.02. The largest absolute Gasteiger partial charge is 0.481 e. The molecule has 1 N–H and O–H groups in total. The number of aliphatic carboxylic acids is 1. The topological polar surface area (TPSA) is 104 Å². The number of aryl methyl sites for hydroxylation is 1. The van der Waals surface area contributed by atoms with E-state index in [9.17, 15) is 15.2 Å². The molecule has 0 bridgehead atoms. The van der Waals surface area contributed by atoms with Crippen molar-refractivity contribution < 1.29 is 9.90 Å². The summed E-state index contributed by atoms with van der Waals surface area (Å²) in [7, 11) is 0. The lowest BCUT2D eigenvalue weighted by atomic mass is 9.99. The molecular weight excluding hydrogens is 410 g/mol. The number of thiophene rings is 1. The Morgan fingerprint density at radius 2 is 2.03 bits per heavy atom. The van der Waals surface area contributed by atoms with E-state index in [0.717, 1.165) is 26.6 Å². The first-order valence-corrected chi connectivity index (χ1v) is 10.1. The highest BCUT2D eigenvalue weighted by Gasteiger charge is 2.32. The van der Waals surface area contributed by atoms with Crippen LogP contribution < -0.4 is 0 Å². The zero-order valence-electron chi connectivity index (χ0n) is 15.7. The number of fused-ring (bicyclic) bond motifs is 3. The van der Waals surface area contributed by atoms with Gasteiger partial charge in [-0.1, -0.05) is 23.7 Å². The smallest absolute Gasteiger partial charge is 0.306 e. The van der Waals surface area contributed by atoms with Crippen molar-refractivity contribution in [2.75, 3.05) is 0 Å². The lowest BCUT2D eigenvalue weighted by molar-refractivity contribution is -0.137. The molecule has 1 aliphatic rings. The molecule has 0 spiro atoms. The van der Waals surface area contributed by atoms with Crippen molar-refractivity contribution in [1.82, 2.24) is 14.8 Å². The minimum atomic E-state index is -0.964. The van der Waals surface area contributed by atoms with Gasteiger partial charge in [-0.2, -0.15) is 5.26 Å². The van der Waals surface area contributed by atoms with Crippen LogP contribution in [-0.2, 0) is 11.2 Å². The summed E-state index contributed by atoms with van der Waals surface area (Å²) in [6, 6.07) is 8.81. The Kier molecular flexibility index (Phi) is 4.94. The summed E-state index contributed by atoms with van der Waals surface area (Å²) in [5, 5.41) is 28.5. The highest BCUT2D eigenvalue weighted by atomic mass is 35.5. The second-order valence-corrected chi connectivity index (χ2v) is 8.22. The summed E-state index contributed by atoms with van der Waals surface area (Å²) in [6.07, 6.45) is 0.0841. The summed E-state index contributed by atoms with van der Waals surface area (Å²) < 4.78 is 1.87. The number of halogens is 1. The standard InChI is InChI=1S/C20H16ClN5O2S/c1-10-15(7-8-22)29-20-17(10)18(12-3-5-13(21)6-4-12)23-14(9-16(27)28)19-25-24-11(2)26(19)20/h3-6,14H,7,9H2,1-2H3,(H,27,28)/t14-/m0/s1. The first-order chi connectivity index (χ1) is 13.9. The Morgan fingerprint density at radius 1 is 1.31 bits per heavy atom. The van der Waals surface area contributed by atoms with E-state index >= 15 is 0 Å². The third kappa shape index (κ3) is 3.33. The predicted octanol–water partition coefficient (Wildman–Crippen LogP) is 4.03. The van der Waals surface area contributed by atoms with Gasteiger partial charge in [0.15, 0.2) is 5.82 Å². The molecule has 0 fully saturated rings. The van der Waals surface area contributed by atoms with E-state index in [4.69, 9.17) is 16.6 Å². The summed E-state index contributed by atoms with van der Waals surface area (Å²) in [6.45, 7) is 3.79. The maximum Gasteiger partial charge on any atom is 0.306 e. The third-order valence-corrected chi connectivity index (χ3v) is 6.35. The molecule has 0 unspecified atom stereocenters. The number of hydrogen-bond acceptors (Lipinski definition) is 6. The van der Waals surface area contributed by atoms with Crippen LogP contribution in [0.5, 0.6) is 0 Å². The molecule has 9 heteroatoms. The number of aliphatic imine (C=N–C) groups is 1. The van der Waals surface area contributed by atoms with Crippen LogP contribution in [0, 0.1) is 25.2 Å². The van der Waals surface area contributed by atoms with Gasteiger partial charge in [0.2, 0.25) is 0 Å². The van der Waals surface area contributed by atoms with Crippen LogP contribution in [-0.4, -0.2) is 31.6 Å².